The van der Waals surface area contributed by atoms with E-state index in [0.29, 0.717) is 12.1 Å². The van der Waals surface area contributed by atoms with Crippen molar-refractivity contribution in [2.75, 3.05) is 26.2 Å². The third-order valence-corrected chi connectivity index (χ3v) is 5.08. The molecule has 0 fully saturated rings. The lowest BCUT2D eigenvalue weighted by atomic mass is 10.2. The molecule has 0 unspecified atom stereocenters. The fourth-order valence-electron chi connectivity index (χ4n) is 2.65. The number of nitrogens with zero attached hydrogens (tertiary/aromatic N) is 3. The van der Waals surface area contributed by atoms with Gasteiger partial charge in [-0.25, -0.2) is 4.98 Å². The minimum Gasteiger partial charge on any atom is -0.357 e. The van der Waals surface area contributed by atoms with Gasteiger partial charge in [0.1, 0.15) is 0 Å². The molecule has 1 rings (SSSR count). The molecule has 6 heteroatoms. The molecule has 0 bridgehead atoms. The monoisotopic (exact) mass is 353 g/mol. The number of aryl methyl sites for hydroxylation is 1. The summed E-state index contributed by atoms with van der Waals surface area (Å²) in [7, 11) is 0. The van der Waals surface area contributed by atoms with Gasteiger partial charge in [-0.3, -0.25) is 9.89 Å². The molecule has 1 heterocycles. The first-order valence-corrected chi connectivity index (χ1v) is 10.0. The largest absolute Gasteiger partial charge is 0.357 e. The molecule has 24 heavy (non-hydrogen) atoms. The Hall–Kier alpha value is -1.14. The molecule has 1 aromatic rings. The molecule has 0 atom stereocenters. The number of rotatable bonds is 10. The summed E-state index contributed by atoms with van der Waals surface area (Å²) < 4.78 is 0. The van der Waals surface area contributed by atoms with Crippen molar-refractivity contribution >= 4 is 17.3 Å². The zero-order valence-electron chi connectivity index (χ0n) is 16.2. The van der Waals surface area contributed by atoms with Crippen molar-refractivity contribution in [3.63, 3.8) is 0 Å². The predicted molar refractivity (Wildman–Crippen MR) is 106 cm³/mol. The maximum Gasteiger partial charge on any atom is 0.191 e. The van der Waals surface area contributed by atoms with E-state index in [0.717, 1.165) is 45.0 Å². The highest BCUT2D eigenvalue weighted by Gasteiger charge is 2.12. The normalized spacial score (nSPS) is 12.5. The first-order chi connectivity index (χ1) is 11.5. The van der Waals surface area contributed by atoms with Gasteiger partial charge in [-0.05, 0) is 41.0 Å². The molecule has 138 valence electrons. The van der Waals surface area contributed by atoms with Crippen LogP contribution in [0.15, 0.2) is 11.2 Å². The minimum absolute atomic E-state index is 0.549. The number of guanidine groups is 1. The van der Waals surface area contributed by atoms with Crippen molar-refractivity contribution in [2.45, 2.75) is 66.5 Å². The summed E-state index contributed by atoms with van der Waals surface area (Å²) in [5, 5.41) is 7.93. The van der Waals surface area contributed by atoms with Crippen molar-refractivity contribution in [3.8, 4) is 0 Å². The van der Waals surface area contributed by atoms with Crippen LogP contribution in [0.2, 0.25) is 0 Å². The second kappa shape index (κ2) is 11.4. The van der Waals surface area contributed by atoms with Gasteiger partial charge in [0.05, 0.1) is 11.6 Å². The van der Waals surface area contributed by atoms with E-state index in [4.69, 9.17) is 4.99 Å². The highest BCUT2D eigenvalue weighted by molar-refractivity contribution is 7.11. The Bertz CT molecular complexity index is 474. The average Bonchev–Trinajstić information content (AvgIpc) is 2.98. The molecule has 1 aromatic heterocycles. The van der Waals surface area contributed by atoms with E-state index >= 15 is 0 Å². The number of thiazole rings is 1. The summed E-state index contributed by atoms with van der Waals surface area (Å²) in [5.74, 6) is 0.900. The molecule has 0 saturated carbocycles. The smallest absolute Gasteiger partial charge is 0.191 e. The average molecular weight is 354 g/mol. The topological polar surface area (TPSA) is 52.6 Å². The van der Waals surface area contributed by atoms with Crippen LogP contribution in [0, 0.1) is 0 Å². The molecule has 0 amide bonds. The summed E-state index contributed by atoms with van der Waals surface area (Å²) in [6, 6.07) is 1.10. The molecular formula is C18H35N5S. The van der Waals surface area contributed by atoms with Crippen LogP contribution in [0.4, 0.5) is 0 Å². The van der Waals surface area contributed by atoms with E-state index in [2.05, 4.69) is 62.1 Å². The molecule has 2 N–H and O–H groups in total. The fourth-order valence-corrected chi connectivity index (χ4v) is 3.51. The van der Waals surface area contributed by atoms with E-state index in [1.807, 2.05) is 17.5 Å². The molecule has 0 radical (unpaired) electrons. The van der Waals surface area contributed by atoms with Gasteiger partial charge in [-0.2, -0.15) is 0 Å². The van der Waals surface area contributed by atoms with Gasteiger partial charge in [0.15, 0.2) is 5.96 Å². The Morgan fingerprint density at radius 3 is 2.46 bits per heavy atom. The molecule has 0 aliphatic carbocycles. The van der Waals surface area contributed by atoms with Gasteiger partial charge in [0, 0.05) is 49.2 Å². The van der Waals surface area contributed by atoms with Crippen LogP contribution < -0.4 is 10.6 Å². The van der Waals surface area contributed by atoms with Crippen molar-refractivity contribution in [2.24, 2.45) is 4.99 Å². The summed E-state index contributed by atoms with van der Waals surface area (Å²) >= 11 is 1.81. The summed E-state index contributed by atoms with van der Waals surface area (Å²) in [5.41, 5.74) is 0. The number of hydrogen-bond acceptors (Lipinski definition) is 4. The van der Waals surface area contributed by atoms with E-state index in [9.17, 15) is 0 Å². The van der Waals surface area contributed by atoms with Gasteiger partial charge in [0.25, 0.3) is 0 Å². The lowest BCUT2D eigenvalue weighted by Gasteiger charge is -2.29. The van der Waals surface area contributed by atoms with Crippen molar-refractivity contribution < 1.29 is 0 Å². The van der Waals surface area contributed by atoms with Gasteiger partial charge < -0.3 is 10.6 Å². The highest BCUT2D eigenvalue weighted by Crippen LogP contribution is 2.13. The van der Waals surface area contributed by atoms with Crippen LogP contribution in [0.5, 0.6) is 0 Å². The van der Waals surface area contributed by atoms with Gasteiger partial charge in [-0.15, -0.1) is 11.3 Å². The first kappa shape index (κ1) is 20.9. The zero-order chi connectivity index (χ0) is 17.9. The minimum atomic E-state index is 0.549. The van der Waals surface area contributed by atoms with E-state index in [-0.39, 0.29) is 0 Å². The van der Waals surface area contributed by atoms with Gasteiger partial charge >= 0.3 is 0 Å². The quantitative estimate of drug-likeness (QED) is 0.502. The Labute approximate surface area is 152 Å². The van der Waals surface area contributed by atoms with E-state index in [1.54, 1.807) is 0 Å². The summed E-state index contributed by atoms with van der Waals surface area (Å²) in [4.78, 5) is 13.0. The molecule has 0 aliphatic heterocycles. The highest BCUT2D eigenvalue weighted by atomic mass is 32.1. The SMILES string of the molecule is CCNC(=NCCN(C(C)C)C(C)C)NCCc1ncc(CC)s1. The molecule has 0 aromatic carbocycles. The predicted octanol–water partition coefficient (Wildman–Crippen LogP) is 2.92. The van der Waals surface area contributed by atoms with Crippen LogP contribution in [0.3, 0.4) is 0 Å². The van der Waals surface area contributed by atoms with Crippen LogP contribution >= 0.6 is 11.3 Å². The van der Waals surface area contributed by atoms with Crippen LogP contribution in [-0.2, 0) is 12.8 Å². The third-order valence-electron chi connectivity index (χ3n) is 3.88. The second-order valence-electron chi connectivity index (χ2n) is 6.44. The fraction of sp³-hybridized carbons (Fsp3) is 0.778. The summed E-state index contributed by atoms with van der Waals surface area (Å²) in [6.45, 7) is 16.8. The van der Waals surface area contributed by atoms with Crippen molar-refractivity contribution in [1.82, 2.24) is 20.5 Å². The Balaban J connectivity index is 2.44. The van der Waals surface area contributed by atoms with E-state index < -0.39 is 0 Å². The van der Waals surface area contributed by atoms with Crippen LogP contribution in [0.1, 0.15) is 51.4 Å². The molecule has 0 spiro atoms. The van der Waals surface area contributed by atoms with Gasteiger partial charge in [0.2, 0.25) is 0 Å². The maximum absolute atomic E-state index is 4.71. The Morgan fingerprint density at radius 1 is 1.21 bits per heavy atom. The van der Waals surface area contributed by atoms with Crippen molar-refractivity contribution in [3.05, 3.63) is 16.1 Å². The van der Waals surface area contributed by atoms with E-state index in [1.165, 1.54) is 9.88 Å². The van der Waals surface area contributed by atoms with Crippen LogP contribution in [-0.4, -0.2) is 54.1 Å². The Kier molecular flexibility index (Phi) is 9.95. The maximum atomic E-state index is 4.71. The number of nitrogens with one attached hydrogen (secondary N) is 2. The van der Waals surface area contributed by atoms with Crippen molar-refractivity contribution in [1.29, 1.82) is 0 Å². The molecule has 0 saturated heterocycles. The Morgan fingerprint density at radius 2 is 1.92 bits per heavy atom. The lowest BCUT2D eigenvalue weighted by Crippen LogP contribution is -2.41. The zero-order valence-corrected chi connectivity index (χ0v) is 17.0. The molecule has 5 nitrogen and oxygen atoms in total. The number of hydrogen-bond donors (Lipinski definition) is 2. The molecular weight excluding hydrogens is 318 g/mol. The summed E-state index contributed by atoms with van der Waals surface area (Å²) in [6.07, 6.45) is 4.00. The van der Waals surface area contributed by atoms with Gasteiger partial charge in [-0.1, -0.05) is 6.92 Å². The first-order valence-electron chi connectivity index (χ1n) is 9.19. The lowest BCUT2D eigenvalue weighted by molar-refractivity contribution is 0.181. The number of aromatic nitrogens is 1. The standard InChI is InChI=1S/C18H35N5S/c1-7-16-13-22-17(24-16)9-10-20-18(19-8-2)21-11-12-23(14(3)4)15(5)6/h13-15H,7-12H2,1-6H3,(H2,19,20,21). The second-order valence-corrected chi connectivity index (χ2v) is 7.64. The van der Waals surface area contributed by atoms with Crippen LogP contribution in [0.25, 0.3) is 0 Å². The number of aliphatic imine (C=N–C) groups is 1. The third kappa shape index (κ3) is 7.62. The molecule has 0 aliphatic rings.